The van der Waals surface area contributed by atoms with Crippen LogP contribution in [-0.2, 0) is 4.74 Å². The van der Waals surface area contributed by atoms with Crippen LogP contribution in [0, 0.1) is 5.92 Å². The van der Waals surface area contributed by atoms with Gasteiger partial charge in [0, 0.05) is 25.4 Å². The summed E-state index contributed by atoms with van der Waals surface area (Å²) in [6.45, 7) is 5.88. The van der Waals surface area contributed by atoms with Gasteiger partial charge in [-0.15, -0.1) is 0 Å². The first-order chi connectivity index (χ1) is 6.45. The summed E-state index contributed by atoms with van der Waals surface area (Å²) >= 11 is 2.10. The molecular formula is C10H19NOS. The molecule has 0 N–H and O–H groups in total. The van der Waals surface area contributed by atoms with Gasteiger partial charge in [0.05, 0.1) is 6.61 Å². The summed E-state index contributed by atoms with van der Waals surface area (Å²) in [5.74, 6) is 3.51. The molecule has 2 aliphatic heterocycles. The number of rotatable bonds is 2. The smallest absolute Gasteiger partial charge is 0.0507 e. The molecule has 3 heteroatoms. The van der Waals surface area contributed by atoms with Crippen LogP contribution in [0.15, 0.2) is 0 Å². The first-order valence-corrected chi connectivity index (χ1v) is 6.48. The van der Waals surface area contributed by atoms with E-state index in [4.69, 9.17) is 4.74 Å². The fraction of sp³-hybridized carbons (Fsp3) is 1.00. The molecule has 2 rings (SSSR count). The minimum Gasteiger partial charge on any atom is -0.381 e. The first kappa shape index (κ1) is 9.81. The Labute approximate surface area is 85.0 Å². The van der Waals surface area contributed by atoms with E-state index in [1.165, 1.54) is 44.0 Å². The Balaban J connectivity index is 1.71. The topological polar surface area (TPSA) is 12.5 Å². The monoisotopic (exact) mass is 201 g/mol. The van der Waals surface area contributed by atoms with Crippen molar-refractivity contribution in [2.45, 2.75) is 12.8 Å². The molecule has 13 heavy (non-hydrogen) atoms. The highest BCUT2D eigenvalue weighted by Gasteiger charge is 2.19. The van der Waals surface area contributed by atoms with Gasteiger partial charge in [-0.3, -0.25) is 0 Å². The Hall–Kier alpha value is 0.270. The number of thioether (sulfide) groups is 1. The third-order valence-corrected chi connectivity index (χ3v) is 3.90. The maximum absolute atomic E-state index is 5.40. The van der Waals surface area contributed by atoms with Gasteiger partial charge in [-0.05, 0) is 31.1 Å². The summed E-state index contributed by atoms with van der Waals surface area (Å²) in [4.78, 5) is 2.62. The van der Waals surface area contributed by atoms with Crippen LogP contribution >= 0.6 is 11.8 Å². The van der Waals surface area contributed by atoms with Crippen LogP contribution in [0.1, 0.15) is 12.8 Å². The van der Waals surface area contributed by atoms with Crippen LogP contribution in [0.4, 0.5) is 0 Å². The van der Waals surface area contributed by atoms with Gasteiger partial charge in [-0.25, -0.2) is 0 Å². The van der Waals surface area contributed by atoms with Gasteiger partial charge in [-0.1, -0.05) is 0 Å². The molecule has 2 fully saturated rings. The Morgan fingerprint density at radius 2 is 2.31 bits per heavy atom. The molecule has 1 unspecified atom stereocenters. The van der Waals surface area contributed by atoms with Crippen LogP contribution < -0.4 is 0 Å². The first-order valence-electron chi connectivity index (χ1n) is 5.33. The summed E-state index contributed by atoms with van der Waals surface area (Å²) in [5, 5.41) is 0. The minimum absolute atomic E-state index is 0.822. The predicted molar refractivity (Wildman–Crippen MR) is 57.3 cm³/mol. The van der Waals surface area contributed by atoms with E-state index in [0.717, 1.165) is 19.1 Å². The van der Waals surface area contributed by atoms with Crippen LogP contribution in [0.5, 0.6) is 0 Å². The van der Waals surface area contributed by atoms with E-state index >= 15 is 0 Å². The molecule has 0 bridgehead atoms. The fourth-order valence-electron chi connectivity index (χ4n) is 2.07. The average Bonchev–Trinajstić information content (AvgIpc) is 2.49. The van der Waals surface area contributed by atoms with Crippen molar-refractivity contribution in [3.63, 3.8) is 0 Å². The normalized spacial score (nSPS) is 31.8. The summed E-state index contributed by atoms with van der Waals surface area (Å²) in [6.07, 6.45) is 2.65. The highest BCUT2D eigenvalue weighted by molar-refractivity contribution is 7.99. The van der Waals surface area contributed by atoms with Crippen LogP contribution in [0.2, 0.25) is 0 Å². The minimum atomic E-state index is 0.822. The molecule has 2 nitrogen and oxygen atoms in total. The van der Waals surface area contributed by atoms with Crippen molar-refractivity contribution in [2.75, 3.05) is 44.4 Å². The molecule has 0 saturated carbocycles. The highest BCUT2D eigenvalue weighted by atomic mass is 32.2. The number of ether oxygens (including phenoxy) is 1. The van der Waals surface area contributed by atoms with Crippen molar-refractivity contribution < 1.29 is 4.74 Å². The zero-order chi connectivity index (χ0) is 8.93. The van der Waals surface area contributed by atoms with Crippen LogP contribution in [0.3, 0.4) is 0 Å². The standard InChI is InChI=1S/C10H19NOS/c1-3-11(4-7-13-6-1)8-10-2-5-12-9-10/h10H,1-9H2. The van der Waals surface area contributed by atoms with Gasteiger partial charge in [0.1, 0.15) is 0 Å². The number of hydrogen-bond acceptors (Lipinski definition) is 3. The maximum atomic E-state index is 5.40. The summed E-state index contributed by atoms with van der Waals surface area (Å²) in [6, 6.07) is 0. The molecule has 2 heterocycles. The Morgan fingerprint density at radius 1 is 1.31 bits per heavy atom. The highest BCUT2D eigenvalue weighted by Crippen LogP contribution is 2.16. The molecule has 0 aromatic carbocycles. The fourth-order valence-corrected chi connectivity index (χ4v) is 3.00. The lowest BCUT2D eigenvalue weighted by atomic mass is 10.1. The molecular weight excluding hydrogens is 182 g/mol. The molecule has 76 valence electrons. The van der Waals surface area contributed by atoms with Crippen LogP contribution in [-0.4, -0.2) is 49.3 Å². The third-order valence-electron chi connectivity index (χ3n) is 2.86. The lowest BCUT2D eigenvalue weighted by Crippen LogP contribution is -2.31. The lowest BCUT2D eigenvalue weighted by Gasteiger charge is -2.22. The SMILES string of the molecule is C1CSCCN(CC2CCOC2)C1. The van der Waals surface area contributed by atoms with Gasteiger partial charge in [-0.2, -0.15) is 11.8 Å². The van der Waals surface area contributed by atoms with E-state index in [-0.39, 0.29) is 0 Å². The number of nitrogens with zero attached hydrogens (tertiary/aromatic N) is 1. The molecule has 2 aliphatic rings. The van der Waals surface area contributed by atoms with Crippen LogP contribution in [0.25, 0.3) is 0 Å². The van der Waals surface area contributed by atoms with E-state index in [9.17, 15) is 0 Å². The Morgan fingerprint density at radius 3 is 3.15 bits per heavy atom. The van der Waals surface area contributed by atoms with E-state index in [1.54, 1.807) is 0 Å². The average molecular weight is 201 g/mol. The third kappa shape index (κ3) is 3.15. The predicted octanol–water partition coefficient (Wildman–Crippen LogP) is 1.46. The molecule has 1 atom stereocenters. The molecule has 0 radical (unpaired) electrons. The second-order valence-electron chi connectivity index (χ2n) is 4.00. The lowest BCUT2D eigenvalue weighted by molar-refractivity contribution is 0.169. The molecule has 0 spiro atoms. The molecule has 0 amide bonds. The van der Waals surface area contributed by atoms with Crippen molar-refractivity contribution in [3.05, 3.63) is 0 Å². The van der Waals surface area contributed by atoms with Gasteiger partial charge in [0.2, 0.25) is 0 Å². The van der Waals surface area contributed by atoms with Crippen molar-refractivity contribution in [2.24, 2.45) is 5.92 Å². The van der Waals surface area contributed by atoms with Gasteiger partial charge >= 0.3 is 0 Å². The van der Waals surface area contributed by atoms with Gasteiger partial charge in [0.15, 0.2) is 0 Å². The number of hydrogen-bond donors (Lipinski definition) is 0. The Kier molecular flexibility index (Phi) is 3.94. The van der Waals surface area contributed by atoms with Crippen molar-refractivity contribution in [1.82, 2.24) is 4.90 Å². The van der Waals surface area contributed by atoms with Gasteiger partial charge in [0.25, 0.3) is 0 Å². The van der Waals surface area contributed by atoms with E-state index in [1.807, 2.05) is 0 Å². The van der Waals surface area contributed by atoms with Crippen molar-refractivity contribution in [1.29, 1.82) is 0 Å². The maximum Gasteiger partial charge on any atom is 0.0507 e. The molecule has 0 aromatic heterocycles. The summed E-state index contributed by atoms with van der Waals surface area (Å²) in [5.41, 5.74) is 0. The van der Waals surface area contributed by atoms with E-state index in [0.29, 0.717) is 0 Å². The molecule has 2 saturated heterocycles. The summed E-state index contributed by atoms with van der Waals surface area (Å²) < 4.78 is 5.40. The van der Waals surface area contributed by atoms with Crippen molar-refractivity contribution in [3.8, 4) is 0 Å². The molecule has 0 aliphatic carbocycles. The second kappa shape index (κ2) is 5.23. The van der Waals surface area contributed by atoms with Crippen molar-refractivity contribution >= 4 is 11.8 Å². The largest absolute Gasteiger partial charge is 0.381 e. The quantitative estimate of drug-likeness (QED) is 0.671. The zero-order valence-electron chi connectivity index (χ0n) is 8.21. The molecule has 0 aromatic rings. The Bertz CT molecular complexity index is 140. The van der Waals surface area contributed by atoms with Gasteiger partial charge < -0.3 is 9.64 Å². The van der Waals surface area contributed by atoms with E-state index in [2.05, 4.69) is 16.7 Å². The zero-order valence-corrected chi connectivity index (χ0v) is 9.02. The second-order valence-corrected chi connectivity index (χ2v) is 5.22. The van der Waals surface area contributed by atoms with E-state index < -0.39 is 0 Å². The summed E-state index contributed by atoms with van der Waals surface area (Å²) in [7, 11) is 0.